The van der Waals surface area contributed by atoms with Crippen LogP contribution in [0.15, 0.2) is 0 Å². The summed E-state index contributed by atoms with van der Waals surface area (Å²) in [6.07, 6.45) is 0.870. The fourth-order valence-corrected chi connectivity index (χ4v) is 0.901. The van der Waals surface area contributed by atoms with Crippen molar-refractivity contribution in [1.29, 1.82) is 0 Å². The van der Waals surface area contributed by atoms with E-state index >= 15 is 0 Å². The summed E-state index contributed by atoms with van der Waals surface area (Å²) < 4.78 is 5.20. The van der Waals surface area contributed by atoms with Crippen LogP contribution >= 0.6 is 0 Å². The van der Waals surface area contributed by atoms with Crippen molar-refractivity contribution < 1.29 is 9.53 Å². The molecule has 0 aromatic heterocycles. The molecule has 9 heavy (non-hydrogen) atoms. The molecule has 0 aliphatic carbocycles. The van der Waals surface area contributed by atoms with Crippen LogP contribution in [-0.4, -0.2) is 24.7 Å². The fourth-order valence-electron chi connectivity index (χ4n) is 0.901. The lowest BCUT2D eigenvalue weighted by Gasteiger charge is -2.16. The maximum Gasteiger partial charge on any atom is 0.139 e. The Labute approximate surface area is 54.4 Å². The van der Waals surface area contributed by atoms with E-state index in [0.29, 0.717) is 6.61 Å². The van der Waals surface area contributed by atoms with Crippen LogP contribution in [0.4, 0.5) is 0 Å². The Morgan fingerprint density at radius 2 is 2.44 bits per heavy atom. The Hall–Kier alpha value is -0.410. The number of ether oxygens (including phenoxy) is 1. The van der Waals surface area contributed by atoms with Gasteiger partial charge < -0.3 is 9.53 Å². The molecule has 0 bridgehead atoms. The minimum atomic E-state index is -0.314. The van der Waals surface area contributed by atoms with Gasteiger partial charge in [-0.15, -0.1) is 0 Å². The standard InChI is InChI=1S/C6H11NO2/c1-6(2)7-5(3-8)4-9-6/h3,5,7H,4H2,1-2H3/t5-/m1/s1. The second kappa shape index (κ2) is 2.08. The number of rotatable bonds is 1. The first-order valence-electron chi connectivity index (χ1n) is 3.01. The van der Waals surface area contributed by atoms with Gasteiger partial charge in [0, 0.05) is 0 Å². The zero-order valence-corrected chi connectivity index (χ0v) is 5.68. The molecule has 0 spiro atoms. The van der Waals surface area contributed by atoms with E-state index in [1.54, 1.807) is 0 Å². The Morgan fingerprint density at radius 1 is 1.78 bits per heavy atom. The van der Waals surface area contributed by atoms with E-state index in [4.69, 9.17) is 4.74 Å². The minimum Gasteiger partial charge on any atom is -0.359 e. The van der Waals surface area contributed by atoms with Gasteiger partial charge in [-0.05, 0) is 13.8 Å². The number of carbonyl (C=O) groups excluding carboxylic acids is 1. The topological polar surface area (TPSA) is 38.3 Å². The molecule has 1 aliphatic heterocycles. The molecule has 1 heterocycles. The lowest BCUT2D eigenvalue weighted by Crippen LogP contribution is -2.38. The summed E-state index contributed by atoms with van der Waals surface area (Å²) in [5.74, 6) is 0. The van der Waals surface area contributed by atoms with E-state index in [0.717, 1.165) is 6.29 Å². The van der Waals surface area contributed by atoms with E-state index in [2.05, 4.69) is 5.32 Å². The first kappa shape index (κ1) is 6.71. The van der Waals surface area contributed by atoms with Crippen LogP contribution in [0.25, 0.3) is 0 Å². The highest BCUT2D eigenvalue weighted by atomic mass is 16.5. The second-order valence-corrected chi connectivity index (χ2v) is 2.71. The van der Waals surface area contributed by atoms with Gasteiger partial charge in [-0.3, -0.25) is 5.32 Å². The fraction of sp³-hybridized carbons (Fsp3) is 0.833. The molecule has 1 atom stereocenters. The molecule has 1 saturated heterocycles. The maximum atomic E-state index is 10.2. The molecule has 1 N–H and O–H groups in total. The molecule has 0 aromatic rings. The Bertz CT molecular complexity index is 122. The molecule has 0 radical (unpaired) electrons. The molecule has 52 valence electrons. The van der Waals surface area contributed by atoms with Crippen molar-refractivity contribution in [2.45, 2.75) is 25.6 Å². The van der Waals surface area contributed by atoms with E-state index in [9.17, 15) is 4.79 Å². The van der Waals surface area contributed by atoms with Crippen molar-refractivity contribution in [3.63, 3.8) is 0 Å². The quantitative estimate of drug-likeness (QED) is 0.503. The van der Waals surface area contributed by atoms with Crippen LogP contribution < -0.4 is 5.32 Å². The number of aldehydes is 1. The summed E-state index contributed by atoms with van der Waals surface area (Å²) in [6, 6.07) is -0.111. The van der Waals surface area contributed by atoms with Crippen LogP contribution in [0, 0.1) is 0 Å². The number of carbonyl (C=O) groups is 1. The van der Waals surface area contributed by atoms with Gasteiger partial charge in [0.15, 0.2) is 0 Å². The van der Waals surface area contributed by atoms with Gasteiger partial charge in [0.25, 0.3) is 0 Å². The smallest absolute Gasteiger partial charge is 0.139 e. The highest BCUT2D eigenvalue weighted by molar-refractivity contribution is 5.58. The van der Waals surface area contributed by atoms with Crippen LogP contribution in [-0.2, 0) is 9.53 Å². The van der Waals surface area contributed by atoms with Crippen molar-refractivity contribution in [2.24, 2.45) is 0 Å². The van der Waals surface area contributed by atoms with Crippen molar-refractivity contribution in [1.82, 2.24) is 5.32 Å². The Morgan fingerprint density at radius 3 is 2.67 bits per heavy atom. The number of hydrogen-bond donors (Lipinski definition) is 1. The monoisotopic (exact) mass is 129 g/mol. The first-order valence-corrected chi connectivity index (χ1v) is 3.01. The third-order valence-electron chi connectivity index (χ3n) is 1.32. The van der Waals surface area contributed by atoms with E-state index in [-0.39, 0.29) is 11.8 Å². The van der Waals surface area contributed by atoms with Crippen LogP contribution in [0.5, 0.6) is 0 Å². The van der Waals surface area contributed by atoms with Gasteiger partial charge in [-0.1, -0.05) is 0 Å². The SMILES string of the molecule is CC1(C)N[C@H](C=O)CO1. The Kier molecular flexibility index (Phi) is 1.55. The third kappa shape index (κ3) is 1.50. The van der Waals surface area contributed by atoms with Crippen molar-refractivity contribution in [3.8, 4) is 0 Å². The maximum absolute atomic E-state index is 10.2. The molecule has 3 nitrogen and oxygen atoms in total. The van der Waals surface area contributed by atoms with Gasteiger partial charge in [0.1, 0.15) is 12.0 Å². The van der Waals surface area contributed by atoms with Gasteiger partial charge in [0.05, 0.1) is 12.6 Å². The minimum absolute atomic E-state index is 0.111. The molecule has 0 unspecified atom stereocenters. The molecule has 1 fully saturated rings. The average molecular weight is 129 g/mol. The van der Waals surface area contributed by atoms with Crippen LogP contribution in [0.3, 0.4) is 0 Å². The predicted octanol–water partition coefficient (Wildman–Crippen LogP) is -0.0902. The van der Waals surface area contributed by atoms with Gasteiger partial charge in [0.2, 0.25) is 0 Å². The summed E-state index contributed by atoms with van der Waals surface area (Å²) in [7, 11) is 0. The summed E-state index contributed by atoms with van der Waals surface area (Å²) in [6.45, 7) is 4.30. The first-order chi connectivity index (χ1) is 4.14. The zero-order chi connectivity index (χ0) is 6.91. The zero-order valence-electron chi connectivity index (χ0n) is 5.68. The second-order valence-electron chi connectivity index (χ2n) is 2.71. The summed E-state index contributed by atoms with van der Waals surface area (Å²) >= 11 is 0. The molecular formula is C6H11NO2. The highest BCUT2D eigenvalue weighted by Crippen LogP contribution is 2.12. The predicted molar refractivity (Wildman–Crippen MR) is 33.0 cm³/mol. The summed E-state index contributed by atoms with van der Waals surface area (Å²) in [5, 5.41) is 2.99. The third-order valence-corrected chi connectivity index (χ3v) is 1.32. The van der Waals surface area contributed by atoms with Gasteiger partial charge >= 0.3 is 0 Å². The van der Waals surface area contributed by atoms with E-state index in [1.165, 1.54) is 0 Å². The lowest BCUT2D eigenvalue weighted by atomic mass is 10.3. The van der Waals surface area contributed by atoms with Crippen molar-refractivity contribution in [2.75, 3.05) is 6.61 Å². The van der Waals surface area contributed by atoms with Crippen molar-refractivity contribution in [3.05, 3.63) is 0 Å². The number of nitrogens with one attached hydrogen (secondary N) is 1. The van der Waals surface area contributed by atoms with Gasteiger partial charge in [-0.2, -0.15) is 0 Å². The number of hydrogen-bond acceptors (Lipinski definition) is 3. The molecule has 0 amide bonds. The molecule has 0 aromatic carbocycles. The summed E-state index contributed by atoms with van der Waals surface area (Å²) in [4.78, 5) is 10.2. The highest BCUT2D eigenvalue weighted by Gasteiger charge is 2.29. The molecule has 0 saturated carbocycles. The molecule has 1 rings (SSSR count). The van der Waals surface area contributed by atoms with E-state index in [1.807, 2.05) is 13.8 Å². The van der Waals surface area contributed by atoms with Gasteiger partial charge in [-0.25, -0.2) is 0 Å². The molecule has 3 heteroatoms. The van der Waals surface area contributed by atoms with E-state index < -0.39 is 0 Å². The Balaban J connectivity index is 2.47. The lowest BCUT2D eigenvalue weighted by molar-refractivity contribution is -0.109. The van der Waals surface area contributed by atoms with Crippen molar-refractivity contribution >= 4 is 6.29 Å². The summed E-state index contributed by atoms with van der Waals surface area (Å²) in [5.41, 5.74) is -0.314. The average Bonchev–Trinajstić information content (AvgIpc) is 2.10. The normalized spacial score (nSPS) is 32.4. The molecule has 1 aliphatic rings. The van der Waals surface area contributed by atoms with Crippen LogP contribution in [0.1, 0.15) is 13.8 Å². The largest absolute Gasteiger partial charge is 0.359 e. The van der Waals surface area contributed by atoms with Crippen LogP contribution in [0.2, 0.25) is 0 Å². The molecular weight excluding hydrogens is 118 g/mol.